The second-order valence-electron chi connectivity index (χ2n) is 19.6. The molecular weight excluding hydrogens is 835 g/mol. The van der Waals surface area contributed by atoms with Crippen molar-refractivity contribution in [2.24, 2.45) is 35.5 Å². The number of cyclic esters (lactones) is 1. The minimum Gasteiger partial charge on any atom is -0.460 e. The smallest absolute Gasteiger partial charge is 0.329 e. The lowest BCUT2D eigenvalue weighted by molar-refractivity contribution is -0.265. The molecule has 0 radical (unpaired) electrons. The number of hydrogen-bond acceptors (Lipinski definition) is 13. The van der Waals surface area contributed by atoms with Gasteiger partial charge in [-0.15, -0.1) is 0 Å². The minimum absolute atomic E-state index is 0.0193. The average Bonchev–Trinajstić information content (AvgIpc) is 3.28. The fourth-order valence-electron chi connectivity index (χ4n) is 10.1. The molecule has 65 heavy (non-hydrogen) atoms. The van der Waals surface area contributed by atoms with Gasteiger partial charge in [0.2, 0.25) is 5.79 Å². The van der Waals surface area contributed by atoms with Crippen molar-refractivity contribution >= 4 is 29.2 Å². The maximum absolute atomic E-state index is 14.4. The molecular formula is C51H79NO13. The van der Waals surface area contributed by atoms with E-state index in [1.54, 1.807) is 41.1 Å². The molecule has 3 heterocycles. The van der Waals surface area contributed by atoms with E-state index < -0.39 is 83.9 Å². The number of carbonyl (C=O) groups excluding carboxylic acids is 5. The van der Waals surface area contributed by atoms with Gasteiger partial charge in [0.05, 0.1) is 24.4 Å². The largest absolute Gasteiger partial charge is 0.460 e. The topological polar surface area (TPSA) is 195 Å². The molecule has 3 fully saturated rings. The van der Waals surface area contributed by atoms with Crippen LogP contribution in [0.15, 0.2) is 47.6 Å². The molecule has 2 bridgehead atoms. The summed E-state index contributed by atoms with van der Waals surface area (Å²) in [5, 5.41) is 33.8. The van der Waals surface area contributed by atoms with Crippen LogP contribution in [-0.2, 0) is 47.7 Å². The zero-order chi connectivity index (χ0) is 48.2. The van der Waals surface area contributed by atoms with E-state index in [1.165, 1.54) is 12.0 Å². The summed E-state index contributed by atoms with van der Waals surface area (Å²) in [6.07, 6.45) is 11.2. The van der Waals surface area contributed by atoms with Crippen LogP contribution >= 0.6 is 0 Å². The molecule has 1 aliphatic carbocycles. The summed E-state index contributed by atoms with van der Waals surface area (Å²) >= 11 is 0. The van der Waals surface area contributed by atoms with Crippen LogP contribution in [0.2, 0.25) is 0 Å². The molecule has 0 unspecified atom stereocenters. The average molecular weight is 914 g/mol. The lowest BCUT2D eigenvalue weighted by Gasteiger charge is -2.42. The first-order valence-electron chi connectivity index (χ1n) is 23.9. The number of rotatable bonds is 6. The molecule has 1 amide bonds. The molecule has 0 spiro atoms. The summed E-state index contributed by atoms with van der Waals surface area (Å²) in [5.74, 6) is -7.96. The Hall–Kier alpha value is -3.37. The summed E-state index contributed by atoms with van der Waals surface area (Å²) in [7, 11) is 4.52. The zero-order valence-corrected chi connectivity index (χ0v) is 40.6. The lowest BCUT2D eigenvalue weighted by atomic mass is 9.78. The SMILES string of the molecule is CO[C@@H]1C[C@@H]2CC[C@H](C)[C@@](O)(O2)C(=O)C(=O)N2CCCC[C@@H]2C(=O)O[C@@H]([C@H](C)C[C@@H]2CC[C@@H](O)[C@H](OC)C2)CC(=O)[C@@H](C)C=C(C)[C@@H](O)[C@@H](OC)C(=O)[C@H](C)C[C@H](C)C=CC=CC=C1C. The van der Waals surface area contributed by atoms with Gasteiger partial charge in [-0.3, -0.25) is 19.2 Å². The number of amides is 1. The Bertz CT molecular complexity index is 1760. The van der Waals surface area contributed by atoms with Crippen LogP contribution in [0.1, 0.15) is 126 Å². The van der Waals surface area contributed by atoms with E-state index in [9.17, 15) is 39.3 Å². The van der Waals surface area contributed by atoms with E-state index in [1.807, 2.05) is 58.1 Å². The van der Waals surface area contributed by atoms with Gasteiger partial charge in [-0.25, -0.2) is 4.79 Å². The molecule has 14 nitrogen and oxygen atoms in total. The van der Waals surface area contributed by atoms with Crippen molar-refractivity contribution in [1.82, 2.24) is 4.90 Å². The van der Waals surface area contributed by atoms with Gasteiger partial charge in [0.15, 0.2) is 5.78 Å². The van der Waals surface area contributed by atoms with Crippen molar-refractivity contribution in [2.45, 2.75) is 180 Å². The second kappa shape index (κ2) is 25.1. The number of piperidine rings is 1. The Morgan fingerprint density at radius 3 is 2.25 bits per heavy atom. The first-order chi connectivity index (χ1) is 30.7. The van der Waals surface area contributed by atoms with E-state index >= 15 is 0 Å². The van der Waals surface area contributed by atoms with Gasteiger partial charge in [-0.1, -0.05) is 71.1 Å². The Morgan fingerprint density at radius 1 is 0.846 bits per heavy atom. The third-order valence-electron chi connectivity index (χ3n) is 14.5. The molecule has 4 aliphatic rings. The molecule has 3 aliphatic heterocycles. The molecule has 15 atom stereocenters. The van der Waals surface area contributed by atoms with Crippen molar-refractivity contribution in [2.75, 3.05) is 27.9 Å². The van der Waals surface area contributed by atoms with Crippen molar-refractivity contribution in [3.8, 4) is 0 Å². The van der Waals surface area contributed by atoms with E-state index in [0.29, 0.717) is 63.4 Å². The van der Waals surface area contributed by atoms with Gasteiger partial charge in [0.1, 0.15) is 30.1 Å². The molecule has 366 valence electrons. The molecule has 3 N–H and O–H groups in total. The number of aliphatic hydroxyl groups is 3. The Kier molecular flexibility index (Phi) is 21.0. The predicted molar refractivity (Wildman–Crippen MR) is 245 cm³/mol. The monoisotopic (exact) mass is 914 g/mol. The van der Waals surface area contributed by atoms with Crippen LogP contribution in [-0.4, -0.2) is 132 Å². The number of esters is 1. The molecule has 2 saturated heterocycles. The highest BCUT2D eigenvalue weighted by Gasteiger charge is 2.53. The van der Waals surface area contributed by atoms with E-state index in [4.69, 9.17) is 23.7 Å². The highest BCUT2D eigenvalue weighted by Crippen LogP contribution is 2.38. The highest BCUT2D eigenvalue weighted by molar-refractivity contribution is 6.39. The standard InChI is InChI=1S/C51H79NO13/c1-30-16-12-11-13-17-31(2)42(61-8)28-38-21-19-36(7)51(60,65-38)48(57)49(58)52-23-15-14-18-39(52)50(59)64-43(33(4)26-37-20-22-40(53)44(27-37)62-9)29-41(54)32(3)25-35(6)46(56)47(63-10)45(55)34(5)24-30/h11-13,16-17,25,30,32-34,36-40,42-44,46-47,53,56,60H,14-15,18-24,26-29H2,1-10H3/t30-,32+,33-,34-,36+,37+,38+,39-,40-,42-,43-,44-,46-,47+,51-/m1/s1. The first kappa shape index (κ1) is 54.2. The summed E-state index contributed by atoms with van der Waals surface area (Å²) < 4.78 is 29.4. The van der Waals surface area contributed by atoms with E-state index in [2.05, 4.69) is 0 Å². The Labute approximate surface area is 387 Å². The lowest BCUT2D eigenvalue weighted by Crippen LogP contribution is -2.61. The fourth-order valence-corrected chi connectivity index (χ4v) is 10.1. The van der Waals surface area contributed by atoms with Crippen molar-refractivity contribution in [1.29, 1.82) is 0 Å². The maximum Gasteiger partial charge on any atom is 0.329 e. The van der Waals surface area contributed by atoms with E-state index in [0.717, 1.165) is 12.0 Å². The summed E-state index contributed by atoms with van der Waals surface area (Å²) in [6.45, 7) is 12.7. The number of Topliss-reactive ketones (excluding diaryl/α,β-unsaturated/α-hetero) is 3. The number of ketones is 3. The Morgan fingerprint density at radius 2 is 1.57 bits per heavy atom. The molecule has 0 aromatic heterocycles. The molecule has 14 heteroatoms. The number of aliphatic hydroxyl groups excluding tert-OH is 2. The Balaban J connectivity index is 1.70. The molecule has 0 aromatic carbocycles. The van der Waals surface area contributed by atoms with Crippen molar-refractivity contribution in [3.05, 3.63) is 47.6 Å². The van der Waals surface area contributed by atoms with E-state index in [-0.39, 0.29) is 54.8 Å². The van der Waals surface area contributed by atoms with Gasteiger partial charge in [-0.2, -0.15) is 0 Å². The van der Waals surface area contributed by atoms with Crippen molar-refractivity contribution < 1.29 is 63.0 Å². The zero-order valence-electron chi connectivity index (χ0n) is 40.6. The first-order valence-corrected chi connectivity index (χ1v) is 23.9. The number of ether oxygens (including phenoxy) is 5. The molecule has 0 aromatic rings. The van der Waals surface area contributed by atoms with Gasteiger partial charge < -0.3 is 43.9 Å². The van der Waals surface area contributed by atoms with Gasteiger partial charge in [0.25, 0.3) is 11.7 Å². The summed E-state index contributed by atoms with van der Waals surface area (Å²) in [4.78, 5) is 71.8. The van der Waals surface area contributed by atoms with Gasteiger partial charge in [0, 0.05) is 58.5 Å². The number of fused-ring (bicyclic) bond motifs is 3. The van der Waals surface area contributed by atoms with Crippen molar-refractivity contribution in [3.63, 3.8) is 0 Å². The van der Waals surface area contributed by atoms with Crippen LogP contribution in [0.25, 0.3) is 0 Å². The third-order valence-corrected chi connectivity index (χ3v) is 14.5. The number of methoxy groups -OCH3 is 3. The maximum atomic E-state index is 14.4. The van der Waals surface area contributed by atoms with Crippen LogP contribution in [0.4, 0.5) is 0 Å². The van der Waals surface area contributed by atoms with Crippen LogP contribution in [0.3, 0.4) is 0 Å². The second-order valence-corrected chi connectivity index (χ2v) is 19.6. The fraction of sp³-hybridized carbons (Fsp3) is 0.745. The number of allylic oxidation sites excluding steroid dienone is 6. The summed E-state index contributed by atoms with van der Waals surface area (Å²) in [6, 6.07) is -1.14. The quantitative estimate of drug-likeness (QED) is 0.156. The number of hydrogen-bond donors (Lipinski definition) is 3. The predicted octanol–water partition coefficient (Wildman–Crippen LogP) is 6.18. The highest BCUT2D eigenvalue weighted by atomic mass is 16.6. The normalized spacial score (nSPS) is 37.8. The van der Waals surface area contributed by atoms with Gasteiger partial charge >= 0.3 is 5.97 Å². The molecule has 1 saturated carbocycles. The number of nitrogens with zero attached hydrogens (tertiary/aromatic N) is 1. The van der Waals surface area contributed by atoms with Crippen LogP contribution < -0.4 is 0 Å². The minimum atomic E-state index is -2.43. The number of carbonyl (C=O) groups is 5. The molecule has 4 rings (SSSR count). The third kappa shape index (κ3) is 14.3. The van der Waals surface area contributed by atoms with Crippen LogP contribution in [0, 0.1) is 35.5 Å². The summed E-state index contributed by atoms with van der Waals surface area (Å²) in [5.41, 5.74) is 1.27. The van der Waals surface area contributed by atoms with Crippen LogP contribution in [0.5, 0.6) is 0 Å². The van der Waals surface area contributed by atoms with Gasteiger partial charge in [-0.05, 0) is 107 Å².